The summed E-state index contributed by atoms with van der Waals surface area (Å²) in [6.45, 7) is 3.46. The van der Waals surface area contributed by atoms with E-state index in [0.29, 0.717) is 12.3 Å². The van der Waals surface area contributed by atoms with Gasteiger partial charge in [-0.3, -0.25) is 4.79 Å². The van der Waals surface area contributed by atoms with Crippen LogP contribution in [0.25, 0.3) is 0 Å². The maximum atomic E-state index is 10.6. The smallest absolute Gasteiger partial charge is 0.320 e. The molecule has 3 saturated heterocycles. The van der Waals surface area contributed by atoms with Crippen LogP contribution < -0.4 is 5.73 Å². The highest BCUT2D eigenvalue weighted by Gasteiger charge is 2.35. The molecule has 3 N–H and O–H groups in total. The second-order valence-electron chi connectivity index (χ2n) is 4.58. The Labute approximate surface area is 84.1 Å². The van der Waals surface area contributed by atoms with Crippen molar-refractivity contribution in [2.45, 2.75) is 25.3 Å². The van der Waals surface area contributed by atoms with Crippen molar-refractivity contribution in [3.05, 3.63) is 0 Å². The Balaban J connectivity index is 1.89. The summed E-state index contributed by atoms with van der Waals surface area (Å²) < 4.78 is 0. The number of carbonyl (C=O) groups is 1. The van der Waals surface area contributed by atoms with Crippen molar-refractivity contribution in [3.8, 4) is 0 Å². The van der Waals surface area contributed by atoms with Crippen LogP contribution in [0.1, 0.15) is 19.3 Å². The molecule has 4 heteroatoms. The highest BCUT2D eigenvalue weighted by molar-refractivity contribution is 5.73. The predicted molar refractivity (Wildman–Crippen MR) is 52.9 cm³/mol. The van der Waals surface area contributed by atoms with Gasteiger partial charge in [-0.25, -0.2) is 0 Å². The zero-order valence-corrected chi connectivity index (χ0v) is 8.35. The summed E-state index contributed by atoms with van der Waals surface area (Å²) in [5, 5.41) is 8.74. The standard InChI is InChI=1S/C10H18N2O2/c11-9(10(13)14)5-8-6-12-3-1-7(8)2-4-12/h7-9H,1-6,11H2,(H,13,14). The molecule has 0 aromatic heterocycles. The van der Waals surface area contributed by atoms with Gasteiger partial charge in [0.1, 0.15) is 6.04 Å². The monoisotopic (exact) mass is 198 g/mol. The van der Waals surface area contributed by atoms with Crippen molar-refractivity contribution in [1.82, 2.24) is 4.90 Å². The fourth-order valence-electron chi connectivity index (χ4n) is 2.78. The van der Waals surface area contributed by atoms with Gasteiger partial charge < -0.3 is 15.7 Å². The van der Waals surface area contributed by atoms with Gasteiger partial charge in [-0.2, -0.15) is 0 Å². The second kappa shape index (κ2) is 3.87. The van der Waals surface area contributed by atoms with Crippen LogP contribution in [-0.2, 0) is 4.79 Å². The molecule has 3 aliphatic rings. The number of nitrogens with two attached hydrogens (primary N) is 1. The fourth-order valence-corrected chi connectivity index (χ4v) is 2.78. The van der Waals surface area contributed by atoms with E-state index in [1.54, 1.807) is 0 Å². The summed E-state index contributed by atoms with van der Waals surface area (Å²) in [6.07, 6.45) is 3.12. The molecule has 3 fully saturated rings. The van der Waals surface area contributed by atoms with Gasteiger partial charge in [0.05, 0.1) is 0 Å². The van der Waals surface area contributed by atoms with E-state index in [2.05, 4.69) is 4.90 Å². The number of fused-ring (bicyclic) bond motifs is 3. The molecular weight excluding hydrogens is 180 g/mol. The summed E-state index contributed by atoms with van der Waals surface area (Å²) in [7, 11) is 0. The van der Waals surface area contributed by atoms with Crippen molar-refractivity contribution in [2.75, 3.05) is 19.6 Å². The Morgan fingerprint density at radius 1 is 1.50 bits per heavy atom. The Hall–Kier alpha value is -0.610. The molecular formula is C10H18N2O2. The number of aliphatic carboxylic acids is 1. The van der Waals surface area contributed by atoms with E-state index >= 15 is 0 Å². The molecule has 3 aliphatic heterocycles. The van der Waals surface area contributed by atoms with E-state index in [9.17, 15) is 4.79 Å². The van der Waals surface area contributed by atoms with Crippen LogP contribution in [0.3, 0.4) is 0 Å². The highest BCUT2D eigenvalue weighted by Crippen LogP contribution is 2.34. The molecule has 0 aromatic carbocycles. The Morgan fingerprint density at radius 2 is 2.14 bits per heavy atom. The van der Waals surface area contributed by atoms with Gasteiger partial charge in [0, 0.05) is 6.54 Å². The van der Waals surface area contributed by atoms with Crippen molar-refractivity contribution < 1.29 is 9.90 Å². The van der Waals surface area contributed by atoms with Crippen molar-refractivity contribution in [1.29, 1.82) is 0 Å². The van der Waals surface area contributed by atoms with Crippen LogP contribution in [0.2, 0.25) is 0 Å². The second-order valence-corrected chi connectivity index (χ2v) is 4.58. The molecule has 2 atom stereocenters. The molecule has 2 unspecified atom stereocenters. The first-order chi connectivity index (χ1) is 6.66. The van der Waals surface area contributed by atoms with Gasteiger partial charge in [0.2, 0.25) is 0 Å². The Kier molecular flexibility index (Phi) is 2.74. The van der Waals surface area contributed by atoms with Gasteiger partial charge >= 0.3 is 5.97 Å². The quantitative estimate of drug-likeness (QED) is 0.676. The third kappa shape index (κ3) is 1.91. The fraction of sp³-hybridized carbons (Fsp3) is 0.900. The summed E-state index contributed by atoms with van der Waals surface area (Å²) in [6, 6.07) is -0.666. The minimum Gasteiger partial charge on any atom is -0.480 e. The van der Waals surface area contributed by atoms with Gasteiger partial charge in [-0.15, -0.1) is 0 Å². The first-order valence-electron chi connectivity index (χ1n) is 5.37. The first-order valence-corrected chi connectivity index (χ1v) is 5.37. The summed E-state index contributed by atoms with van der Waals surface area (Å²) in [4.78, 5) is 13.1. The van der Waals surface area contributed by atoms with Crippen LogP contribution in [0.15, 0.2) is 0 Å². The minimum absolute atomic E-state index is 0.517. The van der Waals surface area contributed by atoms with E-state index in [0.717, 1.165) is 12.5 Å². The van der Waals surface area contributed by atoms with Crippen LogP contribution in [0.4, 0.5) is 0 Å². The zero-order chi connectivity index (χ0) is 10.1. The van der Waals surface area contributed by atoms with E-state index < -0.39 is 12.0 Å². The summed E-state index contributed by atoms with van der Waals surface area (Å²) >= 11 is 0. The SMILES string of the molecule is NC(CC1CN2CCC1CC2)C(=O)O. The molecule has 0 amide bonds. The maximum Gasteiger partial charge on any atom is 0.320 e. The van der Waals surface area contributed by atoms with Crippen molar-refractivity contribution in [2.24, 2.45) is 17.6 Å². The van der Waals surface area contributed by atoms with Crippen molar-refractivity contribution in [3.63, 3.8) is 0 Å². The Bertz CT molecular complexity index is 224. The third-order valence-corrected chi connectivity index (χ3v) is 3.67. The number of hydrogen-bond donors (Lipinski definition) is 2. The van der Waals surface area contributed by atoms with Crippen LogP contribution in [-0.4, -0.2) is 41.7 Å². The molecule has 3 heterocycles. The lowest BCUT2D eigenvalue weighted by atomic mass is 9.76. The van der Waals surface area contributed by atoms with Gasteiger partial charge in [0.15, 0.2) is 0 Å². The molecule has 0 aliphatic carbocycles. The minimum atomic E-state index is -0.860. The molecule has 3 rings (SSSR count). The average molecular weight is 198 g/mol. The number of rotatable bonds is 3. The van der Waals surface area contributed by atoms with Crippen LogP contribution >= 0.6 is 0 Å². The molecule has 80 valence electrons. The lowest BCUT2D eigenvalue weighted by Gasteiger charge is -2.45. The van der Waals surface area contributed by atoms with Gasteiger partial charge in [-0.05, 0) is 44.2 Å². The van der Waals surface area contributed by atoms with E-state index in [-0.39, 0.29) is 0 Å². The number of carboxylic acids is 1. The van der Waals surface area contributed by atoms with Gasteiger partial charge in [-0.1, -0.05) is 0 Å². The average Bonchev–Trinajstić information content (AvgIpc) is 2.19. The predicted octanol–water partition coefficient (Wildman–Crippen LogP) is 0.130. The molecule has 14 heavy (non-hydrogen) atoms. The number of piperidine rings is 3. The lowest BCUT2D eigenvalue weighted by molar-refractivity contribution is -0.139. The largest absolute Gasteiger partial charge is 0.480 e. The lowest BCUT2D eigenvalue weighted by Crippen LogP contribution is -2.49. The van der Waals surface area contributed by atoms with E-state index in [1.165, 1.54) is 25.9 Å². The van der Waals surface area contributed by atoms with Crippen molar-refractivity contribution >= 4 is 5.97 Å². The van der Waals surface area contributed by atoms with Gasteiger partial charge in [0.25, 0.3) is 0 Å². The summed E-state index contributed by atoms with van der Waals surface area (Å²) in [5.74, 6) is 0.385. The van der Waals surface area contributed by atoms with Crippen LogP contribution in [0, 0.1) is 11.8 Å². The normalized spacial score (nSPS) is 38.2. The molecule has 0 aromatic rings. The highest BCUT2D eigenvalue weighted by atomic mass is 16.4. The molecule has 2 bridgehead atoms. The molecule has 0 spiro atoms. The first kappa shape index (κ1) is 9.93. The molecule has 4 nitrogen and oxygen atoms in total. The van der Waals surface area contributed by atoms with E-state index in [1.807, 2.05) is 0 Å². The summed E-state index contributed by atoms with van der Waals surface area (Å²) in [5.41, 5.74) is 5.56. The number of nitrogens with zero attached hydrogens (tertiary/aromatic N) is 1. The number of carboxylic acid groups (broad SMARTS) is 1. The topological polar surface area (TPSA) is 66.6 Å². The molecule has 0 radical (unpaired) electrons. The maximum absolute atomic E-state index is 10.6. The van der Waals surface area contributed by atoms with Crippen LogP contribution in [0.5, 0.6) is 0 Å². The molecule has 0 saturated carbocycles. The third-order valence-electron chi connectivity index (χ3n) is 3.67. The van der Waals surface area contributed by atoms with E-state index in [4.69, 9.17) is 10.8 Å². The number of hydrogen-bond acceptors (Lipinski definition) is 3. The zero-order valence-electron chi connectivity index (χ0n) is 8.35. The Morgan fingerprint density at radius 3 is 2.57 bits per heavy atom.